The molecule has 0 radical (unpaired) electrons. The molecule has 0 saturated heterocycles. The smallest absolute Gasteiger partial charge is 0.243 e. The first-order valence-electron chi connectivity index (χ1n) is 12.1. The largest absolute Gasteiger partial charge is 0.350 e. The number of sulfonamides is 1. The molecule has 0 spiro atoms. The molecule has 2 rings (SSSR count). The number of carbonyl (C=O) groups excluding carboxylic acids is 2. The Morgan fingerprint density at radius 3 is 2.31 bits per heavy atom. The van der Waals surface area contributed by atoms with Crippen molar-refractivity contribution in [3.8, 4) is 0 Å². The zero-order valence-electron chi connectivity index (χ0n) is 22.0. The fraction of sp³-hybridized carbons (Fsp3) is 0.481. The maximum atomic E-state index is 14.3. The van der Waals surface area contributed by atoms with Gasteiger partial charge >= 0.3 is 0 Å². The van der Waals surface area contributed by atoms with E-state index in [4.69, 9.17) is 0 Å². The molecule has 0 heterocycles. The van der Waals surface area contributed by atoms with Crippen molar-refractivity contribution in [2.24, 2.45) is 0 Å². The van der Waals surface area contributed by atoms with E-state index in [1.807, 2.05) is 58.9 Å². The highest BCUT2D eigenvalue weighted by Gasteiger charge is 2.31. The lowest BCUT2D eigenvalue weighted by molar-refractivity contribution is -0.142. The van der Waals surface area contributed by atoms with E-state index in [2.05, 4.69) is 5.32 Å². The Hall–Kier alpha value is -2.94. The lowest BCUT2D eigenvalue weighted by atomic mass is 10.0. The normalized spacial score (nSPS) is 12.6. The molecule has 1 atom stereocenters. The summed E-state index contributed by atoms with van der Waals surface area (Å²) in [6.45, 7) is 9.65. The number of para-hydroxylation sites is 1. The minimum atomic E-state index is -3.76. The van der Waals surface area contributed by atoms with Gasteiger partial charge in [0.05, 0.1) is 11.9 Å². The van der Waals surface area contributed by atoms with E-state index in [1.54, 1.807) is 11.0 Å². The molecule has 0 aliphatic carbocycles. The van der Waals surface area contributed by atoms with Gasteiger partial charge in [-0.15, -0.1) is 0 Å². The van der Waals surface area contributed by atoms with Gasteiger partial charge in [0, 0.05) is 25.0 Å². The third-order valence-electron chi connectivity index (χ3n) is 5.59. The summed E-state index contributed by atoms with van der Waals surface area (Å²) in [7, 11) is -3.76. The van der Waals surface area contributed by atoms with E-state index in [1.165, 1.54) is 18.2 Å². The van der Waals surface area contributed by atoms with Gasteiger partial charge in [-0.25, -0.2) is 12.8 Å². The van der Waals surface area contributed by atoms with Crippen LogP contribution in [0.15, 0.2) is 48.5 Å². The molecule has 36 heavy (non-hydrogen) atoms. The standard InChI is InChI=1S/C27H38FN3O4S/c1-7-23(26(33)29-27(3,4)5)30(19-21-13-10-12-20(2)18-21)25(32)16-11-17-31(36(6,34)35)24-15-9-8-14-22(24)28/h8-10,12-15,18,23H,7,11,16-17,19H2,1-6H3,(H,29,33)/t23-/m0/s1. The van der Waals surface area contributed by atoms with Gasteiger partial charge in [-0.05, 0) is 58.2 Å². The molecule has 0 saturated carbocycles. The molecular formula is C27H38FN3O4S. The number of hydrogen-bond donors (Lipinski definition) is 1. The van der Waals surface area contributed by atoms with Gasteiger partial charge < -0.3 is 10.2 Å². The van der Waals surface area contributed by atoms with E-state index in [0.717, 1.165) is 21.7 Å². The fourth-order valence-electron chi connectivity index (χ4n) is 4.02. The van der Waals surface area contributed by atoms with Gasteiger partial charge in [0.25, 0.3) is 0 Å². The van der Waals surface area contributed by atoms with Crippen LogP contribution in [0.1, 0.15) is 58.1 Å². The molecule has 0 bridgehead atoms. The maximum absolute atomic E-state index is 14.3. The van der Waals surface area contributed by atoms with Crippen molar-refractivity contribution in [3.05, 3.63) is 65.5 Å². The van der Waals surface area contributed by atoms with Crippen LogP contribution in [0.3, 0.4) is 0 Å². The summed E-state index contributed by atoms with van der Waals surface area (Å²) in [6.07, 6.45) is 1.60. The lowest BCUT2D eigenvalue weighted by Crippen LogP contribution is -2.53. The molecule has 0 fully saturated rings. The number of aryl methyl sites for hydroxylation is 1. The zero-order valence-corrected chi connectivity index (χ0v) is 22.9. The van der Waals surface area contributed by atoms with Crippen LogP contribution in [-0.2, 0) is 26.2 Å². The summed E-state index contributed by atoms with van der Waals surface area (Å²) in [5, 5.41) is 2.96. The van der Waals surface area contributed by atoms with Crippen LogP contribution in [0, 0.1) is 12.7 Å². The van der Waals surface area contributed by atoms with Crippen molar-refractivity contribution in [3.63, 3.8) is 0 Å². The minimum absolute atomic E-state index is 0.00554. The number of anilines is 1. The quantitative estimate of drug-likeness (QED) is 0.477. The average molecular weight is 520 g/mol. The van der Waals surface area contributed by atoms with E-state index in [-0.39, 0.29) is 43.4 Å². The molecule has 0 unspecified atom stereocenters. The first-order chi connectivity index (χ1) is 16.7. The molecule has 198 valence electrons. The topological polar surface area (TPSA) is 86.8 Å². The van der Waals surface area contributed by atoms with Gasteiger partial charge in [-0.1, -0.05) is 48.9 Å². The molecule has 2 aromatic carbocycles. The highest BCUT2D eigenvalue weighted by Crippen LogP contribution is 2.22. The number of carbonyl (C=O) groups is 2. The summed E-state index contributed by atoms with van der Waals surface area (Å²) in [4.78, 5) is 28.1. The molecule has 1 N–H and O–H groups in total. The van der Waals surface area contributed by atoms with E-state index < -0.39 is 27.4 Å². The summed E-state index contributed by atoms with van der Waals surface area (Å²) in [5.41, 5.74) is 1.42. The highest BCUT2D eigenvalue weighted by atomic mass is 32.2. The summed E-state index contributed by atoms with van der Waals surface area (Å²) in [6, 6.07) is 12.7. The SMILES string of the molecule is CC[C@@H](C(=O)NC(C)(C)C)N(Cc1cccc(C)c1)C(=O)CCCN(c1ccccc1F)S(C)(=O)=O. The van der Waals surface area contributed by atoms with Crippen molar-refractivity contribution in [1.82, 2.24) is 10.2 Å². The number of hydrogen-bond acceptors (Lipinski definition) is 4. The van der Waals surface area contributed by atoms with Crippen LogP contribution in [0.2, 0.25) is 0 Å². The van der Waals surface area contributed by atoms with Crippen molar-refractivity contribution >= 4 is 27.5 Å². The third kappa shape index (κ3) is 8.62. The second-order valence-corrected chi connectivity index (χ2v) is 12.0. The fourth-order valence-corrected chi connectivity index (χ4v) is 4.98. The Kier molecular flexibility index (Phi) is 10.0. The van der Waals surface area contributed by atoms with Crippen molar-refractivity contribution in [1.29, 1.82) is 0 Å². The third-order valence-corrected chi connectivity index (χ3v) is 6.77. The zero-order chi connectivity index (χ0) is 27.1. The monoisotopic (exact) mass is 519 g/mol. The molecule has 0 aliphatic rings. The lowest BCUT2D eigenvalue weighted by Gasteiger charge is -2.33. The van der Waals surface area contributed by atoms with Gasteiger partial charge in [0.1, 0.15) is 11.9 Å². The molecular weight excluding hydrogens is 481 g/mol. The van der Waals surface area contributed by atoms with Gasteiger partial charge in [0.2, 0.25) is 21.8 Å². The molecule has 9 heteroatoms. The second kappa shape index (κ2) is 12.3. The van der Waals surface area contributed by atoms with Crippen LogP contribution >= 0.6 is 0 Å². The Morgan fingerprint density at radius 1 is 1.08 bits per heavy atom. The Balaban J connectivity index is 2.25. The summed E-state index contributed by atoms with van der Waals surface area (Å²) >= 11 is 0. The van der Waals surface area contributed by atoms with Gasteiger partial charge in [-0.3, -0.25) is 13.9 Å². The maximum Gasteiger partial charge on any atom is 0.243 e. The predicted molar refractivity (Wildman–Crippen MR) is 142 cm³/mol. The number of benzene rings is 2. The van der Waals surface area contributed by atoms with Crippen LogP contribution in [0.5, 0.6) is 0 Å². The van der Waals surface area contributed by atoms with Gasteiger partial charge in [-0.2, -0.15) is 0 Å². The number of nitrogens with one attached hydrogen (secondary N) is 1. The first-order valence-corrected chi connectivity index (χ1v) is 14.0. The van der Waals surface area contributed by atoms with E-state index >= 15 is 0 Å². The average Bonchev–Trinajstić information content (AvgIpc) is 2.75. The van der Waals surface area contributed by atoms with Crippen molar-refractivity contribution in [2.45, 2.75) is 72.0 Å². The molecule has 2 aromatic rings. The van der Waals surface area contributed by atoms with Crippen LogP contribution in [0.4, 0.5) is 10.1 Å². The first kappa shape index (κ1) is 29.3. The summed E-state index contributed by atoms with van der Waals surface area (Å²) < 4.78 is 40.0. The predicted octanol–water partition coefficient (Wildman–Crippen LogP) is 4.40. The van der Waals surface area contributed by atoms with Crippen LogP contribution in [0.25, 0.3) is 0 Å². The summed E-state index contributed by atoms with van der Waals surface area (Å²) in [5.74, 6) is -1.16. The molecule has 2 amide bonds. The Labute approximate surface area is 214 Å². The van der Waals surface area contributed by atoms with Crippen molar-refractivity contribution < 1.29 is 22.4 Å². The number of amides is 2. The van der Waals surface area contributed by atoms with Gasteiger partial charge in [0.15, 0.2) is 0 Å². The van der Waals surface area contributed by atoms with Crippen molar-refractivity contribution in [2.75, 3.05) is 17.1 Å². The van der Waals surface area contributed by atoms with Crippen LogP contribution < -0.4 is 9.62 Å². The Bertz CT molecular complexity index is 1160. The van der Waals surface area contributed by atoms with Crippen LogP contribution in [-0.4, -0.2) is 49.5 Å². The highest BCUT2D eigenvalue weighted by molar-refractivity contribution is 7.92. The van der Waals surface area contributed by atoms with E-state index in [0.29, 0.717) is 6.42 Å². The number of halogens is 1. The minimum Gasteiger partial charge on any atom is -0.350 e. The molecule has 7 nitrogen and oxygen atoms in total. The number of nitrogens with zero attached hydrogens (tertiary/aromatic N) is 2. The number of rotatable bonds is 11. The second-order valence-electron chi connectivity index (χ2n) is 10.1. The Morgan fingerprint density at radius 2 is 1.75 bits per heavy atom. The molecule has 0 aromatic heterocycles. The molecule has 0 aliphatic heterocycles. The van der Waals surface area contributed by atoms with E-state index in [9.17, 15) is 22.4 Å².